The molecule has 2 aromatic carbocycles. The lowest BCUT2D eigenvalue weighted by Crippen LogP contribution is -2.43. The van der Waals surface area contributed by atoms with E-state index in [4.69, 9.17) is 0 Å². The van der Waals surface area contributed by atoms with E-state index in [0.29, 0.717) is 19.5 Å². The summed E-state index contributed by atoms with van der Waals surface area (Å²) in [5.41, 5.74) is 3.07. The lowest BCUT2D eigenvalue weighted by molar-refractivity contribution is -0.117. The number of hydrogen-bond acceptors (Lipinski definition) is 2. The van der Waals surface area contributed by atoms with Crippen LogP contribution in [0.5, 0.6) is 0 Å². The van der Waals surface area contributed by atoms with E-state index >= 15 is 0 Å². The van der Waals surface area contributed by atoms with E-state index in [1.807, 2.05) is 61.5 Å². The first-order chi connectivity index (χ1) is 11.6. The highest BCUT2D eigenvalue weighted by atomic mass is 16.2. The monoisotopic (exact) mass is 323 g/mol. The smallest absolute Gasteiger partial charge is 0.315 e. The Labute approximate surface area is 141 Å². The largest absolute Gasteiger partial charge is 0.334 e. The Morgan fingerprint density at radius 3 is 2.54 bits per heavy atom. The zero-order valence-electron chi connectivity index (χ0n) is 13.7. The number of anilines is 1. The maximum Gasteiger partial charge on any atom is 0.315 e. The minimum absolute atomic E-state index is 0.0345. The van der Waals surface area contributed by atoms with Gasteiger partial charge in [0.1, 0.15) is 0 Å². The van der Waals surface area contributed by atoms with Gasteiger partial charge in [0.25, 0.3) is 0 Å². The molecule has 2 N–H and O–H groups in total. The van der Waals surface area contributed by atoms with Crippen molar-refractivity contribution in [3.05, 3.63) is 65.7 Å². The lowest BCUT2D eigenvalue weighted by atomic mass is 10.2. The van der Waals surface area contributed by atoms with Gasteiger partial charge in [0, 0.05) is 25.2 Å². The second kappa shape index (κ2) is 7.17. The van der Waals surface area contributed by atoms with Gasteiger partial charge in [0.15, 0.2) is 0 Å². The number of urea groups is 1. The Morgan fingerprint density at radius 1 is 1.12 bits per heavy atom. The molecule has 0 unspecified atom stereocenters. The number of carbonyl (C=O) groups excluding carboxylic acids is 2. The summed E-state index contributed by atoms with van der Waals surface area (Å²) in [5, 5.41) is 5.70. The minimum Gasteiger partial charge on any atom is -0.334 e. The molecule has 1 aliphatic heterocycles. The molecule has 3 rings (SSSR count). The number of carbonyl (C=O) groups is 2. The summed E-state index contributed by atoms with van der Waals surface area (Å²) in [5.74, 6) is 0.0345. The van der Waals surface area contributed by atoms with Gasteiger partial charge in [-0.2, -0.15) is 0 Å². The maximum atomic E-state index is 12.2. The zero-order valence-corrected chi connectivity index (χ0v) is 13.7. The first kappa shape index (κ1) is 16.1. The van der Waals surface area contributed by atoms with Gasteiger partial charge in [-0.1, -0.05) is 48.0 Å². The molecule has 0 bridgehead atoms. The molecule has 1 fully saturated rings. The molecule has 5 heteroatoms. The SMILES string of the molecule is Cc1ccc(N2C[C@H](NC(=O)NCc3ccccc3)CC2=O)cc1. The standard InChI is InChI=1S/C19H21N3O2/c1-14-7-9-17(10-8-14)22-13-16(11-18(22)23)21-19(24)20-12-15-5-3-2-4-6-15/h2-10,16H,11-13H2,1H3,(H2,20,21,24)/t16-/m1/s1. The quantitative estimate of drug-likeness (QED) is 0.908. The van der Waals surface area contributed by atoms with Crippen LogP contribution in [0.2, 0.25) is 0 Å². The van der Waals surface area contributed by atoms with E-state index < -0.39 is 0 Å². The molecule has 2 aromatic rings. The first-order valence-electron chi connectivity index (χ1n) is 8.07. The highest BCUT2D eigenvalue weighted by Crippen LogP contribution is 2.21. The Balaban J connectivity index is 1.52. The molecule has 0 radical (unpaired) electrons. The fourth-order valence-electron chi connectivity index (χ4n) is 2.79. The van der Waals surface area contributed by atoms with Gasteiger partial charge in [-0.3, -0.25) is 4.79 Å². The summed E-state index contributed by atoms with van der Waals surface area (Å²) in [6.07, 6.45) is 0.326. The molecule has 1 atom stereocenters. The average molecular weight is 323 g/mol. The van der Waals surface area contributed by atoms with Gasteiger partial charge < -0.3 is 15.5 Å². The van der Waals surface area contributed by atoms with Crippen molar-refractivity contribution < 1.29 is 9.59 Å². The van der Waals surface area contributed by atoms with Crippen molar-refractivity contribution in [1.82, 2.24) is 10.6 Å². The molecule has 5 nitrogen and oxygen atoms in total. The van der Waals surface area contributed by atoms with Crippen LogP contribution in [-0.2, 0) is 11.3 Å². The van der Waals surface area contributed by atoms with Crippen LogP contribution < -0.4 is 15.5 Å². The summed E-state index contributed by atoms with van der Waals surface area (Å²) in [6.45, 7) is 2.98. The van der Waals surface area contributed by atoms with E-state index in [0.717, 1.165) is 16.8 Å². The number of hydrogen-bond donors (Lipinski definition) is 2. The summed E-state index contributed by atoms with van der Waals surface area (Å²) in [4.78, 5) is 25.9. The van der Waals surface area contributed by atoms with Crippen molar-refractivity contribution in [2.75, 3.05) is 11.4 Å². The second-order valence-electron chi connectivity index (χ2n) is 6.05. The molecule has 1 saturated heterocycles. The third-order valence-electron chi connectivity index (χ3n) is 4.10. The number of nitrogens with one attached hydrogen (secondary N) is 2. The second-order valence-corrected chi connectivity index (χ2v) is 6.05. The molecule has 124 valence electrons. The Kier molecular flexibility index (Phi) is 4.79. The van der Waals surface area contributed by atoms with Gasteiger partial charge in [0.2, 0.25) is 5.91 Å². The van der Waals surface area contributed by atoms with Gasteiger partial charge in [-0.05, 0) is 24.6 Å². The molecule has 24 heavy (non-hydrogen) atoms. The zero-order chi connectivity index (χ0) is 16.9. The Bertz CT molecular complexity index is 713. The van der Waals surface area contributed by atoms with Crippen LogP contribution in [0.3, 0.4) is 0 Å². The number of nitrogens with zero attached hydrogens (tertiary/aromatic N) is 1. The van der Waals surface area contributed by atoms with E-state index in [2.05, 4.69) is 10.6 Å². The predicted octanol–water partition coefficient (Wildman–Crippen LogP) is 2.60. The van der Waals surface area contributed by atoms with Crippen LogP contribution in [0.25, 0.3) is 0 Å². The fraction of sp³-hybridized carbons (Fsp3) is 0.263. The molecule has 0 aromatic heterocycles. The summed E-state index contributed by atoms with van der Waals surface area (Å²) >= 11 is 0. The summed E-state index contributed by atoms with van der Waals surface area (Å²) in [7, 11) is 0. The highest BCUT2D eigenvalue weighted by molar-refractivity contribution is 5.96. The topological polar surface area (TPSA) is 61.4 Å². The molecule has 0 aliphatic carbocycles. The minimum atomic E-state index is -0.248. The molecule has 0 saturated carbocycles. The first-order valence-corrected chi connectivity index (χ1v) is 8.07. The summed E-state index contributed by atoms with van der Waals surface area (Å²) < 4.78 is 0. The van der Waals surface area contributed by atoms with Crippen molar-refractivity contribution in [3.63, 3.8) is 0 Å². The van der Waals surface area contributed by atoms with Crippen LogP contribution in [0.4, 0.5) is 10.5 Å². The van der Waals surface area contributed by atoms with Crippen LogP contribution in [0.1, 0.15) is 17.5 Å². The van der Waals surface area contributed by atoms with Crippen molar-refractivity contribution >= 4 is 17.6 Å². The normalized spacial score (nSPS) is 17.0. The Morgan fingerprint density at radius 2 is 1.83 bits per heavy atom. The van der Waals surface area contributed by atoms with E-state index in [1.165, 1.54) is 0 Å². The third kappa shape index (κ3) is 3.93. The Hall–Kier alpha value is -2.82. The van der Waals surface area contributed by atoms with Gasteiger partial charge >= 0.3 is 6.03 Å². The summed E-state index contributed by atoms with van der Waals surface area (Å²) in [6, 6.07) is 17.1. The van der Waals surface area contributed by atoms with E-state index in [-0.39, 0.29) is 18.0 Å². The number of amides is 3. The van der Waals surface area contributed by atoms with Gasteiger partial charge in [-0.25, -0.2) is 4.79 Å². The van der Waals surface area contributed by atoms with Crippen LogP contribution in [0.15, 0.2) is 54.6 Å². The molecule has 0 spiro atoms. The fourth-order valence-corrected chi connectivity index (χ4v) is 2.79. The van der Waals surface area contributed by atoms with Crippen molar-refractivity contribution in [2.45, 2.75) is 25.9 Å². The molecule has 1 heterocycles. The number of benzene rings is 2. The van der Waals surface area contributed by atoms with Crippen LogP contribution >= 0.6 is 0 Å². The number of rotatable bonds is 4. The van der Waals surface area contributed by atoms with Crippen LogP contribution in [-0.4, -0.2) is 24.5 Å². The van der Waals surface area contributed by atoms with E-state index in [9.17, 15) is 9.59 Å². The van der Waals surface area contributed by atoms with Gasteiger partial charge in [0.05, 0.1) is 6.04 Å². The van der Waals surface area contributed by atoms with E-state index in [1.54, 1.807) is 4.90 Å². The average Bonchev–Trinajstić information content (AvgIpc) is 2.95. The molecular formula is C19H21N3O2. The molecule has 3 amide bonds. The molecule has 1 aliphatic rings. The van der Waals surface area contributed by atoms with Gasteiger partial charge in [-0.15, -0.1) is 0 Å². The van der Waals surface area contributed by atoms with Crippen LogP contribution in [0, 0.1) is 6.92 Å². The van der Waals surface area contributed by atoms with Crippen molar-refractivity contribution in [1.29, 1.82) is 0 Å². The van der Waals surface area contributed by atoms with Crippen molar-refractivity contribution in [3.8, 4) is 0 Å². The molecular weight excluding hydrogens is 302 g/mol. The predicted molar refractivity (Wildman–Crippen MR) is 93.8 cm³/mol. The lowest BCUT2D eigenvalue weighted by Gasteiger charge is -2.17. The maximum absolute atomic E-state index is 12.2. The third-order valence-corrected chi connectivity index (χ3v) is 4.10. The number of aryl methyl sites for hydroxylation is 1. The van der Waals surface area contributed by atoms with Crippen molar-refractivity contribution in [2.24, 2.45) is 0 Å². The highest BCUT2D eigenvalue weighted by Gasteiger charge is 2.31.